The molecule has 2 N–H and O–H groups in total. The van der Waals surface area contributed by atoms with Gasteiger partial charge in [0.25, 0.3) is 5.56 Å². The summed E-state index contributed by atoms with van der Waals surface area (Å²) in [6, 6.07) is 14.5. The highest BCUT2D eigenvalue weighted by Gasteiger charge is 2.29. The molecule has 0 unspecified atom stereocenters. The second-order valence-electron chi connectivity index (χ2n) is 8.89. The molecule has 1 fully saturated rings. The first-order valence-electron chi connectivity index (χ1n) is 12.4. The quantitative estimate of drug-likeness (QED) is 0.365. The maximum Gasteiger partial charge on any atom is 0.277 e. The van der Waals surface area contributed by atoms with Gasteiger partial charge in [-0.3, -0.25) is 4.79 Å². The van der Waals surface area contributed by atoms with E-state index in [1.807, 2.05) is 37.3 Å². The summed E-state index contributed by atoms with van der Waals surface area (Å²) in [6.45, 7) is 7.40. The van der Waals surface area contributed by atoms with E-state index in [9.17, 15) is 13.2 Å². The van der Waals surface area contributed by atoms with E-state index in [4.69, 9.17) is 4.74 Å². The van der Waals surface area contributed by atoms with Gasteiger partial charge in [0.05, 0.1) is 17.1 Å². The molecule has 0 aliphatic carbocycles. The first-order valence-corrected chi connectivity index (χ1v) is 13.9. The molecule has 37 heavy (non-hydrogen) atoms. The number of piperazine rings is 1. The molecule has 194 valence electrons. The Morgan fingerprint density at radius 2 is 1.73 bits per heavy atom. The largest absolute Gasteiger partial charge is 0.493 e. The number of aromatic amines is 2. The van der Waals surface area contributed by atoms with Crippen LogP contribution < -0.4 is 10.3 Å². The van der Waals surface area contributed by atoms with Crippen molar-refractivity contribution in [3.8, 4) is 17.1 Å². The van der Waals surface area contributed by atoms with Crippen molar-refractivity contribution in [2.24, 2.45) is 0 Å². The van der Waals surface area contributed by atoms with Crippen LogP contribution in [0.2, 0.25) is 0 Å². The topological polar surface area (TPSA) is 124 Å². The fraction of sp³-hybridized carbons (Fsp3) is 0.346. The molecule has 0 radical (unpaired) electrons. The molecule has 5 rings (SSSR count). The van der Waals surface area contributed by atoms with Crippen LogP contribution in [0.5, 0.6) is 5.75 Å². The highest BCUT2D eigenvalue weighted by Crippen LogP contribution is 2.32. The van der Waals surface area contributed by atoms with Crippen molar-refractivity contribution in [2.75, 3.05) is 39.3 Å². The Bertz CT molecular complexity index is 1560. The Balaban J connectivity index is 1.52. The number of imidazole rings is 1. The first kappa shape index (κ1) is 25.1. The lowest BCUT2D eigenvalue weighted by atomic mass is 10.1. The van der Waals surface area contributed by atoms with E-state index in [1.165, 1.54) is 10.4 Å². The summed E-state index contributed by atoms with van der Waals surface area (Å²) in [4.78, 5) is 30.3. The number of nitrogens with one attached hydrogen (secondary N) is 2. The van der Waals surface area contributed by atoms with Crippen molar-refractivity contribution in [1.29, 1.82) is 0 Å². The van der Waals surface area contributed by atoms with Gasteiger partial charge < -0.3 is 19.6 Å². The van der Waals surface area contributed by atoms with Gasteiger partial charge in [0.2, 0.25) is 10.0 Å². The van der Waals surface area contributed by atoms with E-state index in [0.717, 1.165) is 12.1 Å². The molecule has 1 aliphatic rings. The maximum absolute atomic E-state index is 13.4. The maximum atomic E-state index is 13.4. The van der Waals surface area contributed by atoms with Gasteiger partial charge in [-0.15, -0.1) is 0 Å². The van der Waals surface area contributed by atoms with Crippen LogP contribution in [0, 0.1) is 0 Å². The van der Waals surface area contributed by atoms with E-state index in [0.29, 0.717) is 56.3 Å². The number of rotatable bonds is 8. The van der Waals surface area contributed by atoms with Crippen molar-refractivity contribution in [1.82, 2.24) is 29.1 Å². The van der Waals surface area contributed by atoms with Crippen LogP contribution in [0.25, 0.3) is 22.6 Å². The molecule has 4 aromatic rings. The monoisotopic (exact) mass is 522 g/mol. The fourth-order valence-electron chi connectivity index (χ4n) is 4.53. The minimum atomic E-state index is -3.73. The van der Waals surface area contributed by atoms with E-state index >= 15 is 0 Å². The van der Waals surface area contributed by atoms with E-state index in [2.05, 4.69) is 31.8 Å². The lowest BCUT2D eigenvalue weighted by Crippen LogP contribution is -2.48. The smallest absolute Gasteiger partial charge is 0.277 e. The number of fused-ring (bicyclic) bond motifs is 1. The Kier molecular flexibility index (Phi) is 7.09. The van der Waals surface area contributed by atoms with E-state index in [-0.39, 0.29) is 21.9 Å². The van der Waals surface area contributed by atoms with Gasteiger partial charge in [0.1, 0.15) is 17.4 Å². The van der Waals surface area contributed by atoms with Gasteiger partial charge in [0.15, 0.2) is 11.2 Å². The lowest BCUT2D eigenvalue weighted by molar-refractivity contribution is 0.196. The average molecular weight is 523 g/mol. The average Bonchev–Trinajstić information content (AvgIpc) is 3.32. The normalized spacial score (nSPS) is 15.3. The van der Waals surface area contributed by atoms with Gasteiger partial charge in [-0.1, -0.05) is 37.3 Å². The van der Waals surface area contributed by atoms with Crippen LogP contribution in [-0.2, 0) is 16.4 Å². The Hall–Kier alpha value is -3.54. The zero-order valence-corrected chi connectivity index (χ0v) is 21.7. The third-order valence-corrected chi connectivity index (χ3v) is 8.44. The van der Waals surface area contributed by atoms with Crippen LogP contribution in [0.3, 0.4) is 0 Å². The van der Waals surface area contributed by atoms with Gasteiger partial charge in [-0.2, -0.15) is 4.31 Å². The molecule has 1 saturated heterocycles. The highest BCUT2D eigenvalue weighted by atomic mass is 32.2. The molecule has 0 spiro atoms. The van der Waals surface area contributed by atoms with Crippen LogP contribution >= 0.6 is 0 Å². The summed E-state index contributed by atoms with van der Waals surface area (Å²) in [6.07, 6.45) is 0.523. The van der Waals surface area contributed by atoms with Crippen LogP contribution in [-0.4, -0.2) is 76.9 Å². The van der Waals surface area contributed by atoms with Crippen LogP contribution in [0.1, 0.15) is 25.2 Å². The molecule has 0 bridgehead atoms. The zero-order valence-electron chi connectivity index (χ0n) is 20.9. The summed E-state index contributed by atoms with van der Waals surface area (Å²) in [5, 5.41) is 0. The molecule has 0 saturated carbocycles. The predicted molar refractivity (Wildman–Crippen MR) is 141 cm³/mol. The molecule has 0 atom stereocenters. The summed E-state index contributed by atoms with van der Waals surface area (Å²) in [5.74, 6) is 1.25. The van der Waals surface area contributed by atoms with Crippen molar-refractivity contribution >= 4 is 21.2 Å². The summed E-state index contributed by atoms with van der Waals surface area (Å²) < 4.78 is 34.2. The number of benzene rings is 2. The molecule has 1 aliphatic heterocycles. The molecule has 3 heterocycles. The molecule has 10 nitrogen and oxygen atoms in total. The molecule has 2 aromatic carbocycles. The van der Waals surface area contributed by atoms with Crippen molar-refractivity contribution < 1.29 is 13.2 Å². The lowest BCUT2D eigenvalue weighted by Gasteiger charge is -2.33. The fourth-order valence-corrected chi connectivity index (χ4v) is 5.98. The number of hydrogen-bond acceptors (Lipinski definition) is 7. The molecular formula is C26H30N6O4S. The zero-order chi connectivity index (χ0) is 26.0. The van der Waals surface area contributed by atoms with Crippen molar-refractivity contribution in [3.63, 3.8) is 0 Å². The highest BCUT2D eigenvalue weighted by molar-refractivity contribution is 7.89. The second-order valence-corrected chi connectivity index (χ2v) is 10.8. The minimum absolute atomic E-state index is 0.130. The van der Waals surface area contributed by atoms with Gasteiger partial charge in [-0.25, -0.2) is 18.4 Å². The SMILES string of the molecule is CCOc1ccc(S(=O)(=O)N2CCN(CC)CC2)cc1-c1nc2nc(Cc3ccccc3)[nH]c2c(=O)[nH]1. The summed E-state index contributed by atoms with van der Waals surface area (Å²) in [5.41, 5.74) is 1.58. The molecule has 0 amide bonds. The van der Waals surface area contributed by atoms with E-state index < -0.39 is 15.6 Å². The molecule has 2 aromatic heterocycles. The molecular weight excluding hydrogens is 492 g/mol. The number of H-pyrrole nitrogens is 2. The summed E-state index contributed by atoms with van der Waals surface area (Å²) >= 11 is 0. The Labute approximate surface area is 215 Å². The minimum Gasteiger partial charge on any atom is -0.493 e. The number of nitrogens with zero attached hydrogens (tertiary/aromatic N) is 4. The number of hydrogen-bond donors (Lipinski definition) is 2. The van der Waals surface area contributed by atoms with E-state index in [1.54, 1.807) is 12.1 Å². The number of likely N-dealkylation sites (N-methyl/N-ethyl adjacent to an activating group) is 1. The standard InChI is InChI=1S/C26H30N6O4S/c1-3-31-12-14-32(15-13-31)37(34,35)19-10-11-21(36-4-2)20(17-19)24-29-25-23(26(33)30-24)27-22(28-25)16-18-8-6-5-7-9-18/h5-11,17H,3-4,12-16H2,1-2H3,(H2,27,28,29,30,33). The number of aromatic nitrogens is 4. The number of sulfonamides is 1. The third kappa shape index (κ3) is 5.15. The number of ether oxygens (including phenoxy) is 1. The molecule has 11 heteroatoms. The summed E-state index contributed by atoms with van der Waals surface area (Å²) in [7, 11) is -3.73. The predicted octanol–water partition coefficient (Wildman–Crippen LogP) is 2.63. The third-order valence-electron chi connectivity index (χ3n) is 6.55. The van der Waals surface area contributed by atoms with Crippen molar-refractivity contribution in [2.45, 2.75) is 25.2 Å². The Morgan fingerprint density at radius 3 is 2.43 bits per heavy atom. The van der Waals surface area contributed by atoms with Gasteiger partial charge in [-0.05, 0) is 37.2 Å². The van der Waals surface area contributed by atoms with Crippen molar-refractivity contribution in [3.05, 3.63) is 70.3 Å². The van der Waals surface area contributed by atoms with Gasteiger partial charge in [0, 0.05) is 32.6 Å². The van der Waals surface area contributed by atoms with Crippen LogP contribution in [0.4, 0.5) is 0 Å². The van der Waals surface area contributed by atoms with Gasteiger partial charge >= 0.3 is 0 Å². The first-order chi connectivity index (χ1) is 17.9. The Morgan fingerprint density at radius 1 is 0.973 bits per heavy atom. The second kappa shape index (κ2) is 10.4. The van der Waals surface area contributed by atoms with Crippen LogP contribution in [0.15, 0.2) is 58.2 Å².